The van der Waals surface area contributed by atoms with Gasteiger partial charge < -0.3 is 10.1 Å². The molecular formula is C15H11F3N2O. The number of imidazole rings is 1. The zero-order valence-corrected chi connectivity index (χ0v) is 10.8. The highest BCUT2D eigenvalue weighted by Crippen LogP contribution is 2.29. The number of nitrogens with one attached hydrogen (secondary N) is 1. The summed E-state index contributed by atoms with van der Waals surface area (Å²) in [5.41, 5.74) is 1.46. The summed E-state index contributed by atoms with van der Waals surface area (Å²) in [4.78, 5) is 7.37. The Balaban J connectivity index is 1.84. The fraction of sp³-hybridized carbons (Fsp3) is 0.133. The van der Waals surface area contributed by atoms with Crippen LogP contribution in [0.4, 0.5) is 13.2 Å². The minimum Gasteiger partial charge on any atom is -0.508 e. The van der Waals surface area contributed by atoms with Crippen molar-refractivity contribution in [3.05, 3.63) is 59.4 Å². The van der Waals surface area contributed by atoms with E-state index in [1.165, 1.54) is 18.2 Å². The van der Waals surface area contributed by atoms with Gasteiger partial charge in [-0.25, -0.2) is 4.98 Å². The molecule has 0 saturated heterocycles. The third kappa shape index (κ3) is 2.84. The molecule has 21 heavy (non-hydrogen) atoms. The number of nitrogens with zero attached hydrogens (tertiary/aromatic N) is 1. The predicted molar refractivity (Wildman–Crippen MR) is 72.0 cm³/mol. The first kappa shape index (κ1) is 13.5. The molecule has 2 N–H and O–H groups in total. The highest BCUT2D eigenvalue weighted by molar-refractivity contribution is 5.76. The molecule has 0 unspecified atom stereocenters. The van der Waals surface area contributed by atoms with Crippen LogP contribution in [0.3, 0.4) is 0 Å². The second kappa shape index (κ2) is 4.80. The Bertz CT molecular complexity index is 776. The molecule has 0 aliphatic carbocycles. The first-order valence-electron chi connectivity index (χ1n) is 6.25. The second-order valence-electron chi connectivity index (χ2n) is 4.76. The molecule has 1 aromatic heterocycles. The Hall–Kier alpha value is -2.50. The van der Waals surface area contributed by atoms with Gasteiger partial charge in [0.25, 0.3) is 0 Å². The number of halogens is 3. The van der Waals surface area contributed by atoms with Gasteiger partial charge in [-0.3, -0.25) is 0 Å². The van der Waals surface area contributed by atoms with Gasteiger partial charge in [0.1, 0.15) is 11.6 Å². The van der Waals surface area contributed by atoms with Gasteiger partial charge in [-0.2, -0.15) is 13.2 Å². The van der Waals surface area contributed by atoms with Crippen LogP contribution in [-0.4, -0.2) is 15.1 Å². The van der Waals surface area contributed by atoms with Gasteiger partial charge in [0.15, 0.2) is 0 Å². The Morgan fingerprint density at radius 2 is 1.76 bits per heavy atom. The quantitative estimate of drug-likeness (QED) is 0.753. The van der Waals surface area contributed by atoms with E-state index >= 15 is 0 Å². The van der Waals surface area contributed by atoms with Crippen molar-refractivity contribution in [3.63, 3.8) is 0 Å². The number of rotatable bonds is 2. The van der Waals surface area contributed by atoms with Crippen molar-refractivity contribution in [2.24, 2.45) is 0 Å². The predicted octanol–water partition coefficient (Wildman–Crippen LogP) is 3.88. The van der Waals surface area contributed by atoms with E-state index in [9.17, 15) is 18.3 Å². The summed E-state index contributed by atoms with van der Waals surface area (Å²) in [6.07, 6.45) is -3.93. The molecule has 0 bridgehead atoms. The minimum atomic E-state index is -4.32. The lowest BCUT2D eigenvalue weighted by Gasteiger charge is -2.06. The lowest BCUT2D eigenvalue weighted by atomic mass is 10.1. The number of H-pyrrole nitrogens is 1. The molecule has 0 radical (unpaired) electrons. The molecular weight excluding hydrogens is 281 g/mol. The van der Waals surface area contributed by atoms with E-state index in [1.54, 1.807) is 12.1 Å². The van der Waals surface area contributed by atoms with Crippen LogP contribution in [0.1, 0.15) is 17.0 Å². The summed E-state index contributed by atoms with van der Waals surface area (Å²) in [5, 5.41) is 9.38. The van der Waals surface area contributed by atoms with Crippen molar-refractivity contribution in [2.75, 3.05) is 0 Å². The zero-order chi connectivity index (χ0) is 15.0. The number of aromatic amines is 1. The van der Waals surface area contributed by atoms with Gasteiger partial charge in [0, 0.05) is 12.5 Å². The fourth-order valence-electron chi connectivity index (χ4n) is 2.14. The van der Waals surface area contributed by atoms with Crippen molar-refractivity contribution >= 4 is 11.0 Å². The Morgan fingerprint density at radius 3 is 2.43 bits per heavy atom. The molecule has 0 saturated carbocycles. The lowest BCUT2D eigenvalue weighted by Crippen LogP contribution is -2.04. The number of phenols is 1. The molecule has 0 aliphatic heterocycles. The van der Waals surface area contributed by atoms with Crippen molar-refractivity contribution in [1.82, 2.24) is 9.97 Å². The number of alkyl halides is 3. The molecule has 3 rings (SSSR count). The van der Waals surface area contributed by atoms with Crippen LogP contribution in [0, 0.1) is 0 Å². The number of phenolic OH excluding ortho intramolecular Hbond substituents is 1. The second-order valence-corrected chi connectivity index (χ2v) is 4.76. The van der Waals surface area contributed by atoms with E-state index in [0.29, 0.717) is 23.3 Å². The topological polar surface area (TPSA) is 48.9 Å². The monoisotopic (exact) mass is 292 g/mol. The third-order valence-electron chi connectivity index (χ3n) is 3.17. The molecule has 3 aromatic rings. The molecule has 108 valence electrons. The van der Waals surface area contributed by atoms with E-state index in [1.807, 2.05) is 0 Å². The van der Waals surface area contributed by atoms with Crippen LogP contribution < -0.4 is 0 Å². The van der Waals surface area contributed by atoms with Crippen molar-refractivity contribution in [1.29, 1.82) is 0 Å². The molecule has 0 spiro atoms. The third-order valence-corrected chi connectivity index (χ3v) is 3.17. The van der Waals surface area contributed by atoms with Crippen molar-refractivity contribution in [2.45, 2.75) is 12.6 Å². The van der Waals surface area contributed by atoms with E-state index in [0.717, 1.165) is 17.7 Å². The minimum absolute atomic E-state index is 0.132. The molecule has 6 heteroatoms. The largest absolute Gasteiger partial charge is 0.508 e. The van der Waals surface area contributed by atoms with E-state index in [2.05, 4.69) is 9.97 Å². The molecule has 1 heterocycles. The lowest BCUT2D eigenvalue weighted by molar-refractivity contribution is -0.137. The number of aromatic hydroxyl groups is 1. The van der Waals surface area contributed by atoms with Crippen molar-refractivity contribution < 1.29 is 18.3 Å². The highest BCUT2D eigenvalue weighted by atomic mass is 19.4. The number of aromatic nitrogens is 2. The average Bonchev–Trinajstić information content (AvgIpc) is 2.79. The summed E-state index contributed by atoms with van der Waals surface area (Å²) in [7, 11) is 0. The Labute approximate surface area is 118 Å². The van der Waals surface area contributed by atoms with E-state index in [4.69, 9.17) is 0 Å². The molecule has 3 nitrogen and oxygen atoms in total. The van der Waals surface area contributed by atoms with Gasteiger partial charge >= 0.3 is 6.18 Å². The Morgan fingerprint density at radius 1 is 1.05 bits per heavy atom. The maximum atomic E-state index is 12.5. The standard InChI is InChI=1S/C15H11F3N2O/c16-15(17,18)10-3-1-9(2-4-10)7-14-19-12-6-5-11(21)8-13(12)20-14/h1-6,8,21H,7H2,(H,19,20). The van der Waals surface area contributed by atoms with E-state index in [-0.39, 0.29) is 5.75 Å². The summed E-state index contributed by atoms with van der Waals surface area (Å²) in [6, 6.07) is 9.76. The van der Waals surface area contributed by atoms with Crippen LogP contribution in [0.2, 0.25) is 0 Å². The number of hydrogen-bond acceptors (Lipinski definition) is 2. The number of benzene rings is 2. The smallest absolute Gasteiger partial charge is 0.416 e. The van der Waals surface area contributed by atoms with Crippen LogP contribution in [-0.2, 0) is 12.6 Å². The summed E-state index contributed by atoms with van der Waals surface area (Å²) < 4.78 is 37.4. The summed E-state index contributed by atoms with van der Waals surface area (Å²) >= 11 is 0. The molecule has 0 fully saturated rings. The van der Waals surface area contributed by atoms with Gasteiger partial charge in [0.2, 0.25) is 0 Å². The normalized spacial score (nSPS) is 12.0. The van der Waals surface area contributed by atoms with Gasteiger partial charge in [0.05, 0.1) is 16.6 Å². The molecule has 2 aromatic carbocycles. The highest BCUT2D eigenvalue weighted by Gasteiger charge is 2.29. The van der Waals surface area contributed by atoms with Crippen LogP contribution in [0.15, 0.2) is 42.5 Å². The first-order chi connectivity index (χ1) is 9.91. The maximum absolute atomic E-state index is 12.5. The van der Waals surface area contributed by atoms with E-state index < -0.39 is 11.7 Å². The number of fused-ring (bicyclic) bond motifs is 1. The van der Waals surface area contributed by atoms with Crippen LogP contribution in [0.25, 0.3) is 11.0 Å². The Kier molecular flexibility index (Phi) is 3.08. The zero-order valence-electron chi connectivity index (χ0n) is 10.8. The maximum Gasteiger partial charge on any atom is 0.416 e. The fourth-order valence-corrected chi connectivity index (χ4v) is 2.14. The van der Waals surface area contributed by atoms with Crippen molar-refractivity contribution in [3.8, 4) is 5.75 Å². The molecule has 0 aliphatic rings. The van der Waals surface area contributed by atoms with Crippen LogP contribution >= 0.6 is 0 Å². The SMILES string of the molecule is Oc1ccc2nc(Cc3ccc(C(F)(F)F)cc3)[nH]c2c1. The summed E-state index contributed by atoms with van der Waals surface area (Å²) in [5.74, 6) is 0.766. The summed E-state index contributed by atoms with van der Waals surface area (Å²) in [6.45, 7) is 0. The van der Waals surface area contributed by atoms with Gasteiger partial charge in [-0.1, -0.05) is 12.1 Å². The van der Waals surface area contributed by atoms with Gasteiger partial charge in [-0.05, 0) is 29.8 Å². The number of hydrogen-bond donors (Lipinski definition) is 2. The van der Waals surface area contributed by atoms with Crippen LogP contribution in [0.5, 0.6) is 5.75 Å². The average molecular weight is 292 g/mol. The first-order valence-corrected chi connectivity index (χ1v) is 6.25. The molecule has 0 amide bonds. The molecule has 0 atom stereocenters. The van der Waals surface area contributed by atoms with Gasteiger partial charge in [-0.15, -0.1) is 0 Å².